The van der Waals surface area contributed by atoms with Crippen molar-refractivity contribution >= 4 is 58.2 Å². The highest BCUT2D eigenvalue weighted by Crippen LogP contribution is 2.43. The van der Waals surface area contributed by atoms with Gasteiger partial charge in [0.2, 0.25) is 11.8 Å². The van der Waals surface area contributed by atoms with Crippen molar-refractivity contribution in [3.05, 3.63) is 87.9 Å². The topological polar surface area (TPSA) is 141 Å². The maximum Gasteiger partial charge on any atom is 0.262 e. The minimum atomic E-state index is -0.971. The first-order chi connectivity index (χ1) is 28.9. The number of benzene rings is 3. The first kappa shape index (κ1) is 40.0. The normalized spacial score (nSPS) is 22.9. The molecule has 13 nitrogen and oxygen atoms in total. The fourth-order valence-electron chi connectivity index (χ4n) is 10.4. The van der Waals surface area contributed by atoms with Crippen LogP contribution in [0.2, 0.25) is 5.02 Å². The molecule has 60 heavy (non-hydrogen) atoms. The molecule has 3 aromatic carbocycles. The summed E-state index contributed by atoms with van der Waals surface area (Å²) in [6.07, 6.45) is 5.28. The molecule has 6 heterocycles. The highest BCUT2D eigenvalue weighted by atomic mass is 35.5. The van der Waals surface area contributed by atoms with E-state index in [2.05, 4.69) is 50.0 Å². The second kappa shape index (κ2) is 15.9. The third-order valence-corrected chi connectivity index (χ3v) is 14.5. The van der Waals surface area contributed by atoms with Gasteiger partial charge in [0, 0.05) is 101 Å². The zero-order chi connectivity index (χ0) is 41.8. The van der Waals surface area contributed by atoms with Crippen LogP contribution in [-0.2, 0) is 9.59 Å². The SMILES string of the molecule is CC1(CN2CCN(c3ccc(C(=O)N4CCC5(CC4)CCN(c4ccc(C#N)c(Cl)c4)C5)cc3)CC2)CCN(c2ccc3c(c2)C(=O)N(C2CCC(=O)NC2=O)C3=O)CC1. The van der Waals surface area contributed by atoms with Crippen molar-refractivity contribution in [2.24, 2.45) is 10.8 Å². The number of halogens is 1. The van der Waals surface area contributed by atoms with Gasteiger partial charge in [-0.25, -0.2) is 0 Å². The Kier molecular flexibility index (Phi) is 10.6. The molecule has 1 unspecified atom stereocenters. The molecule has 9 rings (SSSR count). The smallest absolute Gasteiger partial charge is 0.262 e. The maximum absolute atomic E-state index is 13.6. The minimum absolute atomic E-state index is 0.0947. The van der Waals surface area contributed by atoms with E-state index in [1.54, 1.807) is 18.2 Å². The monoisotopic (exact) mass is 830 g/mol. The van der Waals surface area contributed by atoms with Crippen LogP contribution in [0.1, 0.15) is 88.5 Å². The van der Waals surface area contributed by atoms with E-state index in [1.165, 1.54) is 0 Å². The molecular weight excluding hydrogens is 780 g/mol. The van der Waals surface area contributed by atoms with Crippen LogP contribution in [0.25, 0.3) is 0 Å². The summed E-state index contributed by atoms with van der Waals surface area (Å²) in [4.78, 5) is 76.9. The Hall–Kier alpha value is -5.45. The quantitative estimate of drug-likeness (QED) is 0.317. The van der Waals surface area contributed by atoms with Crippen LogP contribution in [0, 0.1) is 22.2 Å². The molecule has 1 N–H and O–H groups in total. The third kappa shape index (κ3) is 7.60. The lowest BCUT2D eigenvalue weighted by Crippen LogP contribution is -2.54. The summed E-state index contributed by atoms with van der Waals surface area (Å²) in [6.45, 7) is 12.3. The van der Waals surface area contributed by atoms with Crippen LogP contribution < -0.4 is 20.0 Å². The number of hydrogen-bond donors (Lipinski definition) is 1. The van der Waals surface area contributed by atoms with Crippen molar-refractivity contribution in [3.8, 4) is 6.07 Å². The van der Waals surface area contributed by atoms with Crippen LogP contribution in [-0.4, -0.2) is 122 Å². The number of nitrogens with one attached hydrogen (secondary N) is 1. The summed E-state index contributed by atoms with van der Waals surface area (Å²) in [5.74, 6) is -1.85. The van der Waals surface area contributed by atoms with Crippen molar-refractivity contribution in [2.45, 2.75) is 57.9 Å². The number of fused-ring (bicyclic) bond motifs is 1. The zero-order valence-corrected chi connectivity index (χ0v) is 34.9. The lowest BCUT2D eigenvalue weighted by molar-refractivity contribution is -0.136. The Morgan fingerprint density at radius 2 is 1.37 bits per heavy atom. The average Bonchev–Trinajstić information content (AvgIpc) is 3.78. The van der Waals surface area contributed by atoms with E-state index >= 15 is 0 Å². The lowest BCUT2D eigenvalue weighted by Gasteiger charge is -2.45. The number of likely N-dealkylation sites (tertiary alicyclic amines) is 1. The van der Waals surface area contributed by atoms with Crippen LogP contribution >= 0.6 is 11.6 Å². The molecule has 1 spiro atoms. The van der Waals surface area contributed by atoms with Gasteiger partial charge in [-0.15, -0.1) is 0 Å². The predicted molar refractivity (Wildman–Crippen MR) is 228 cm³/mol. The van der Waals surface area contributed by atoms with E-state index in [1.807, 2.05) is 35.2 Å². The predicted octanol–water partition coefficient (Wildman–Crippen LogP) is 5.17. The molecule has 14 heteroatoms. The summed E-state index contributed by atoms with van der Waals surface area (Å²) in [7, 11) is 0. The Balaban J connectivity index is 0.726. The maximum atomic E-state index is 13.6. The van der Waals surface area contributed by atoms with Crippen molar-refractivity contribution < 1.29 is 24.0 Å². The summed E-state index contributed by atoms with van der Waals surface area (Å²) in [5.41, 5.74) is 5.29. The number of imide groups is 2. The molecule has 0 saturated carbocycles. The zero-order valence-electron chi connectivity index (χ0n) is 34.1. The molecule has 0 aromatic heterocycles. The van der Waals surface area contributed by atoms with Gasteiger partial charge in [0.05, 0.1) is 21.7 Å². The molecule has 0 aliphatic carbocycles. The second-order valence-corrected chi connectivity index (χ2v) is 18.4. The summed E-state index contributed by atoms with van der Waals surface area (Å²) in [6, 6.07) is 20.4. The molecular formula is C46H51ClN8O5. The van der Waals surface area contributed by atoms with E-state index in [-0.39, 0.29) is 35.5 Å². The van der Waals surface area contributed by atoms with E-state index in [9.17, 15) is 29.2 Å². The van der Waals surface area contributed by atoms with E-state index in [0.717, 1.165) is 132 Å². The number of piperidine rings is 3. The van der Waals surface area contributed by atoms with Gasteiger partial charge in [-0.1, -0.05) is 18.5 Å². The van der Waals surface area contributed by atoms with Crippen LogP contribution in [0.15, 0.2) is 60.7 Å². The Bertz CT molecular complexity index is 2270. The van der Waals surface area contributed by atoms with Gasteiger partial charge < -0.3 is 19.6 Å². The first-order valence-electron chi connectivity index (χ1n) is 21.3. The average molecular weight is 831 g/mol. The number of carbonyl (C=O) groups excluding carboxylic acids is 5. The van der Waals surface area contributed by atoms with Gasteiger partial charge in [-0.2, -0.15) is 5.26 Å². The van der Waals surface area contributed by atoms with Gasteiger partial charge in [-0.3, -0.25) is 39.1 Å². The number of carbonyl (C=O) groups is 5. The third-order valence-electron chi connectivity index (χ3n) is 14.2. The molecule has 6 aliphatic heterocycles. The van der Waals surface area contributed by atoms with Crippen LogP contribution in [0.4, 0.5) is 17.1 Å². The fraction of sp³-hybridized carbons (Fsp3) is 0.478. The number of anilines is 3. The number of piperazine rings is 1. The number of nitrogens with zero attached hydrogens (tertiary/aromatic N) is 7. The van der Waals surface area contributed by atoms with Crippen molar-refractivity contribution in [1.29, 1.82) is 5.26 Å². The highest BCUT2D eigenvalue weighted by Gasteiger charge is 2.45. The van der Waals surface area contributed by atoms with Gasteiger partial charge in [-0.05, 0) is 110 Å². The lowest BCUT2D eigenvalue weighted by atomic mass is 9.77. The summed E-state index contributed by atoms with van der Waals surface area (Å²) >= 11 is 6.33. The van der Waals surface area contributed by atoms with Gasteiger partial charge >= 0.3 is 0 Å². The standard InChI is InChI=1S/C46H51ClN8O5/c1-45(12-17-51(18-13-45)34-8-9-36-37(26-34)44(60)55(43(36)59)39-10-11-40(56)49-41(39)57)29-50-22-24-52(25-23-50)33-5-2-31(3-6-33)42(58)53-19-14-46(15-20-53)16-21-54(30-46)35-7-4-32(28-48)38(47)27-35/h2-9,26-27,39H,10-25,29-30H2,1H3,(H,49,56,57). The van der Waals surface area contributed by atoms with Crippen LogP contribution in [0.3, 0.4) is 0 Å². The molecule has 5 saturated heterocycles. The van der Waals surface area contributed by atoms with Crippen LogP contribution in [0.5, 0.6) is 0 Å². The minimum Gasteiger partial charge on any atom is -0.371 e. The Morgan fingerprint density at radius 1 is 0.750 bits per heavy atom. The molecule has 5 fully saturated rings. The Morgan fingerprint density at radius 3 is 2.05 bits per heavy atom. The largest absolute Gasteiger partial charge is 0.371 e. The molecule has 6 aliphatic rings. The summed E-state index contributed by atoms with van der Waals surface area (Å²) < 4.78 is 0. The highest BCUT2D eigenvalue weighted by molar-refractivity contribution is 6.32. The molecule has 1 atom stereocenters. The number of amides is 5. The molecule has 5 amide bonds. The summed E-state index contributed by atoms with van der Waals surface area (Å²) in [5, 5.41) is 12.0. The van der Waals surface area contributed by atoms with Gasteiger partial charge in [0.25, 0.3) is 17.7 Å². The number of hydrogen-bond acceptors (Lipinski definition) is 10. The number of rotatable bonds is 7. The van der Waals surface area contributed by atoms with Crippen molar-refractivity contribution in [2.75, 3.05) is 86.7 Å². The van der Waals surface area contributed by atoms with E-state index in [0.29, 0.717) is 21.7 Å². The first-order valence-corrected chi connectivity index (χ1v) is 21.7. The Labute approximate surface area is 355 Å². The van der Waals surface area contributed by atoms with Crippen molar-refractivity contribution in [3.63, 3.8) is 0 Å². The fourth-order valence-corrected chi connectivity index (χ4v) is 10.6. The molecule has 3 aromatic rings. The van der Waals surface area contributed by atoms with Gasteiger partial charge in [0.1, 0.15) is 12.1 Å². The number of nitriles is 1. The molecule has 0 bridgehead atoms. The second-order valence-electron chi connectivity index (χ2n) is 18.0. The van der Waals surface area contributed by atoms with Crippen molar-refractivity contribution in [1.82, 2.24) is 20.0 Å². The van der Waals surface area contributed by atoms with E-state index in [4.69, 9.17) is 11.6 Å². The van der Waals surface area contributed by atoms with E-state index < -0.39 is 23.8 Å². The molecule has 312 valence electrons. The molecule has 0 radical (unpaired) electrons. The van der Waals surface area contributed by atoms with Gasteiger partial charge in [0.15, 0.2) is 0 Å².